The average molecular weight is 421 g/mol. The average Bonchev–Trinajstić information content (AvgIpc) is 2.74. The van der Waals surface area contributed by atoms with Crippen LogP contribution >= 0.6 is 0 Å². The van der Waals surface area contributed by atoms with Crippen molar-refractivity contribution in [1.29, 1.82) is 0 Å². The van der Waals surface area contributed by atoms with Crippen LogP contribution in [0.15, 0.2) is 89.8 Å². The van der Waals surface area contributed by atoms with Crippen molar-refractivity contribution in [3.05, 3.63) is 107 Å². The molecule has 152 valence electrons. The van der Waals surface area contributed by atoms with Crippen LogP contribution in [-0.2, 0) is 14.8 Å². The summed E-state index contributed by atoms with van der Waals surface area (Å²) in [6.07, 6.45) is 1.67. The predicted molar refractivity (Wildman–Crippen MR) is 113 cm³/mol. The van der Waals surface area contributed by atoms with Gasteiger partial charge >= 0.3 is 0 Å². The molecule has 0 bridgehead atoms. The fourth-order valence-electron chi connectivity index (χ4n) is 3.58. The molecule has 1 atom stereocenters. The van der Waals surface area contributed by atoms with Crippen LogP contribution in [-0.4, -0.2) is 18.6 Å². The molecule has 0 saturated heterocycles. The van der Waals surface area contributed by atoms with Gasteiger partial charge in [-0.05, 0) is 42.3 Å². The lowest BCUT2D eigenvalue weighted by Crippen LogP contribution is -2.39. The number of hydrogen-bond donors (Lipinski definition) is 0. The van der Waals surface area contributed by atoms with E-state index in [1.165, 1.54) is 24.3 Å². The summed E-state index contributed by atoms with van der Waals surface area (Å²) in [5.41, 5.74) is 2.43. The summed E-state index contributed by atoms with van der Waals surface area (Å²) in [4.78, 5) is 13.2. The molecule has 6 heteroatoms. The van der Waals surface area contributed by atoms with E-state index in [1.807, 2.05) is 13.0 Å². The number of halogens is 1. The lowest BCUT2D eigenvalue weighted by molar-refractivity contribution is -0.124. The summed E-state index contributed by atoms with van der Waals surface area (Å²) < 4.78 is 41.4. The Bertz CT molecular complexity index is 1220. The van der Waals surface area contributed by atoms with Crippen LogP contribution in [0, 0.1) is 12.7 Å². The minimum Gasteiger partial charge on any atom is -0.273 e. The van der Waals surface area contributed by atoms with E-state index in [-0.39, 0.29) is 17.0 Å². The van der Waals surface area contributed by atoms with Gasteiger partial charge in [0.05, 0.1) is 10.6 Å². The summed E-state index contributed by atoms with van der Waals surface area (Å²) in [6.45, 7) is 1.86. The van der Waals surface area contributed by atoms with Crippen molar-refractivity contribution in [2.45, 2.75) is 24.2 Å². The van der Waals surface area contributed by atoms with Crippen molar-refractivity contribution in [2.24, 2.45) is 0 Å². The molecule has 0 aromatic heterocycles. The molecular weight excluding hydrogens is 401 g/mol. The smallest absolute Gasteiger partial charge is 0.270 e. The maximum atomic E-state index is 13.7. The van der Waals surface area contributed by atoms with Crippen LogP contribution in [0.2, 0.25) is 0 Å². The van der Waals surface area contributed by atoms with Gasteiger partial charge in [-0.3, -0.25) is 4.79 Å². The van der Waals surface area contributed by atoms with Crippen LogP contribution in [0.5, 0.6) is 0 Å². The van der Waals surface area contributed by atoms with Gasteiger partial charge in [0.2, 0.25) is 5.91 Å². The van der Waals surface area contributed by atoms with E-state index >= 15 is 0 Å². The molecule has 1 amide bonds. The zero-order valence-corrected chi connectivity index (χ0v) is 17.1. The van der Waals surface area contributed by atoms with Gasteiger partial charge < -0.3 is 0 Å². The highest BCUT2D eigenvalue weighted by Gasteiger charge is 2.38. The van der Waals surface area contributed by atoms with Crippen molar-refractivity contribution >= 4 is 21.6 Å². The number of carbonyl (C=O) groups excluding carboxylic acids is 1. The Labute approximate surface area is 175 Å². The van der Waals surface area contributed by atoms with Crippen molar-refractivity contribution in [3.8, 4) is 0 Å². The van der Waals surface area contributed by atoms with Gasteiger partial charge in [-0.2, -0.15) is 0 Å². The molecule has 0 aliphatic carbocycles. The molecular formula is C24H20FNO3S. The van der Waals surface area contributed by atoms with E-state index in [2.05, 4.69) is 0 Å². The first-order valence-corrected chi connectivity index (χ1v) is 11.0. The Morgan fingerprint density at radius 1 is 0.933 bits per heavy atom. The van der Waals surface area contributed by atoms with Gasteiger partial charge in [-0.25, -0.2) is 17.1 Å². The quantitative estimate of drug-likeness (QED) is 0.603. The molecule has 3 aromatic rings. The zero-order valence-electron chi connectivity index (χ0n) is 16.3. The van der Waals surface area contributed by atoms with Gasteiger partial charge in [0, 0.05) is 12.3 Å². The number of allylic oxidation sites excluding steroid dienone is 1. The second kappa shape index (κ2) is 7.88. The second-order valence-corrected chi connectivity index (χ2v) is 9.05. The molecule has 0 radical (unpaired) electrons. The van der Waals surface area contributed by atoms with Crippen molar-refractivity contribution in [1.82, 2.24) is 4.31 Å². The third-order valence-electron chi connectivity index (χ3n) is 5.10. The lowest BCUT2D eigenvalue weighted by Gasteiger charge is -2.32. The molecule has 30 heavy (non-hydrogen) atoms. The first-order valence-electron chi connectivity index (χ1n) is 9.54. The van der Waals surface area contributed by atoms with E-state index in [9.17, 15) is 17.6 Å². The summed E-state index contributed by atoms with van der Waals surface area (Å²) in [5, 5.41) is 0. The highest BCUT2D eigenvalue weighted by Crippen LogP contribution is 2.37. The molecule has 0 unspecified atom stereocenters. The summed E-state index contributed by atoms with van der Waals surface area (Å²) >= 11 is 0. The zero-order chi connectivity index (χ0) is 21.3. The fourth-order valence-corrected chi connectivity index (χ4v) is 5.03. The largest absolute Gasteiger partial charge is 0.273 e. The molecule has 0 saturated carbocycles. The van der Waals surface area contributed by atoms with Crippen LogP contribution in [0.25, 0.3) is 5.70 Å². The number of sulfonamides is 1. The first kappa shape index (κ1) is 20.0. The SMILES string of the molecule is Cc1ccc(S(=O)(=O)N2C(=O)C[C@H](c3cccc(F)c3)C=C2c2ccccc2)cc1. The topological polar surface area (TPSA) is 54.5 Å². The van der Waals surface area contributed by atoms with Gasteiger partial charge in [-0.1, -0.05) is 66.2 Å². The van der Waals surface area contributed by atoms with Gasteiger partial charge in [0.25, 0.3) is 10.0 Å². The maximum Gasteiger partial charge on any atom is 0.270 e. The molecule has 0 fully saturated rings. The van der Waals surface area contributed by atoms with E-state index in [0.29, 0.717) is 11.1 Å². The number of rotatable bonds is 4. The molecule has 4 nitrogen and oxygen atoms in total. The number of carbonyl (C=O) groups is 1. The third-order valence-corrected chi connectivity index (χ3v) is 6.85. The van der Waals surface area contributed by atoms with Crippen molar-refractivity contribution < 1.29 is 17.6 Å². The molecule has 1 aliphatic heterocycles. The number of nitrogens with zero attached hydrogens (tertiary/aromatic N) is 1. The van der Waals surface area contributed by atoms with E-state index in [0.717, 1.165) is 9.87 Å². The predicted octanol–water partition coefficient (Wildman–Crippen LogP) is 4.88. The Hall–Kier alpha value is -3.25. The standard InChI is InChI=1S/C24H20FNO3S/c1-17-10-12-22(13-11-17)30(28,29)26-23(18-6-3-2-4-7-18)15-20(16-24(26)27)19-8-5-9-21(25)14-19/h2-15,20H,16H2,1H3/t20-/m1/s1. The van der Waals surface area contributed by atoms with Crippen LogP contribution in [0.4, 0.5) is 4.39 Å². The van der Waals surface area contributed by atoms with E-state index in [4.69, 9.17) is 0 Å². The highest BCUT2D eigenvalue weighted by molar-refractivity contribution is 7.90. The molecule has 1 heterocycles. The van der Waals surface area contributed by atoms with Gasteiger partial charge in [0.15, 0.2) is 0 Å². The summed E-state index contributed by atoms with van der Waals surface area (Å²) in [7, 11) is -4.10. The molecule has 3 aromatic carbocycles. The Balaban J connectivity index is 1.86. The Morgan fingerprint density at radius 3 is 2.30 bits per heavy atom. The number of benzene rings is 3. The molecule has 4 rings (SSSR count). The molecule has 0 N–H and O–H groups in total. The fraction of sp³-hybridized carbons (Fsp3) is 0.125. The van der Waals surface area contributed by atoms with Crippen LogP contribution in [0.3, 0.4) is 0 Å². The number of aryl methyl sites for hydroxylation is 1. The Kier molecular flexibility index (Phi) is 5.26. The minimum atomic E-state index is -4.10. The van der Waals surface area contributed by atoms with Crippen LogP contribution in [0.1, 0.15) is 29.0 Å². The van der Waals surface area contributed by atoms with Gasteiger partial charge in [-0.15, -0.1) is 0 Å². The van der Waals surface area contributed by atoms with Crippen LogP contribution < -0.4 is 0 Å². The first-order chi connectivity index (χ1) is 14.4. The maximum absolute atomic E-state index is 13.7. The van der Waals surface area contributed by atoms with Crippen molar-refractivity contribution in [2.75, 3.05) is 0 Å². The summed E-state index contributed by atoms with van der Waals surface area (Å²) in [5.74, 6) is -1.37. The minimum absolute atomic E-state index is 0.0486. The number of hydrogen-bond acceptors (Lipinski definition) is 3. The molecule has 0 spiro atoms. The second-order valence-electron chi connectivity index (χ2n) is 7.26. The third kappa shape index (κ3) is 3.78. The highest BCUT2D eigenvalue weighted by atomic mass is 32.2. The number of amides is 1. The van der Waals surface area contributed by atoms with Gasteiger partial charge in [0.1, 0.15) is 5.82 Å². The van der Waals surface area contributed by atoms with E-state index in [1.54, 1.807) is 54.6 Å². The lowest BCUT2D eigenvalue weighted by atomic mass is 9.90. The Morgan fingerprint density at radius 2 is 1.63 bits per heavy atom. The normalized spacial score (nSPS) is 17.0. The van der Waals surface area contributed by atoms with E-state index < -0.39 is 27.7 Å². The van der Waals surface area contributed by atoms with Crippen molar-refractivity contribution in [3.63, 3.8) is 0 Å². The monoisotopic (exact) mass is 421 g/mol. The summed E-state index contributed by atoms with van der Waals surface area (Å²) in [6, 6.07) is 21.3. The molecule has 1 aliphatic rings.